The normalized spacial score (nSPS) is 23.8. The van der Waals surface area contributed by atoms with Crippen molar-refractivity contribution in [2.24, 2.45) is 13.0 Å². The van der Waals surface area contributed by atoms with E-state index in [0.29, 0.717) is 23.0 Å². The van der Waals surface area contributed by atoms with Crippen LogP contribution in [0, 0.1) is 17.8 Å². The number of nitrogens with zero attached hydrogens (tertiary/aromatic N) is 2. The topological polar surface area (TPSA) is 99.4 Å². The smallest absolute Gasteiger partial charge is 0.329 e. The van der Waals surface area contributed by atoms with Crippen molar-refractivity contribution in [2.45, 2.75) is 50.7 Å². The number of aromatic nitrogens is 2. The van der Waals surface area contributed by atoms with Crippen LogP contribution in [0.2, 0.25) is 0 Å². The van der Waals surface area contributed by atoms with Crippen LogP contribution in [0.25, 0.3) is 11.0 Å². The van der Waals surface area contributed by atoms with Gasteiger partial charge >= 0.3 is 5.69 Å². The number of hydrogen-bond donors (Lipinski definition) is 1. The molecule has 2 amide bonds. The average Bonchev–Trinajstić information content (AvgIpc) is 3.03. The number of aryl methyl sites for hydroxylation is 1. The van der Waals surface area contributed by atoms with Crippen LogP contribution in [0.1, 0.15) is 50.1 Å². The molecule has 1 aliphatic carbocycles. The number of carbonyl (C=O) groups is 3. The molecule has 8 heteroatoms. The molecule has 1 N–H and O–H groups in total. The summed E-state index contributed by atoms with van der Waals surface area (Å²) in [5.41, 5.74) is 1.62. The Balaban J connectivity index is 1.55. The molecule has 1 aromatic carbocycles. The van der Waals surface area contributed by atoms with E-state index in [1.807, 2.05) is 6.07 Å². The summed E-state index contributed by atoms with van der Waals surface area (Å²) >= 11 is 0. The molecule has 1 atom stereocenters. The Morgan fingerprint density at radius 2 is 1.94 bits per heavy atom. The van der Waals surface area contributed by atoms with Gasteiger partial charge in [0, 0.05) is 19.4 Å². The Labute approximate surface area is 179 Å². The summed E-state index contributed by atoms with van der Waals surface area (Å²) in [6.07, 6.45) is 5.09. The molecule has 1 saturated heterocycles. The number of aldehydes is 1. The second kappa shape index (κ2) is 8.90. The summed E-state index contributed by atoms with van der Waals surface area (Å²) in [5, 5.41) is 2.31. The Bertz CT molecular complexity index is 1140. The van der Waals surface area contributed by atoms with E-state index in [4.69, 9.17) is 4.74 Å². The van der Waals surface area contributed by atoms with E-state index >= 15 is 0 Å². The summed E-state index contributed by atoms with van der Waals surface area (Å²) in [7, 11) is 1.65. The van der Waals surface area contributed by atoms with Crippen molar-refractivity contribution in [1.82, 2.24) is 14.5 Å². The number of nitrogens with one attached hydrogen (secondary N) is 1. The number of ether oxygens (including phenoxy) is 1. The van der Waals surface area contributed by atoms with Crippen LogP contribution in [0.3, 0.4) is 0 Å². The van der Waals surface area contributed by atoms with Gasteiger partial charge in [0.1, 0.15) is 18.9 Å². The number of benzene rings is 1. The Morgan fingerprint density at radius 1 is 1.16 bits per heavy atom. The molecule has 162 valence electrons. The fraction of sp³-hybridized carbons (Fsp3) is 0.478. The molecule has 2 fully saturated rings. The highest BCUT2D eigenvalue weighted by Crippen LogP contribution is 2.25. The minimum Gasteiger partial charge on any atom is -0.366 e. The van der Waals surface area contributed by atoms with Gasteiger partial charge in [-0.3, -0.25) is 24.0 Å². The summed E-state index contributed by atoms with van der Waals surface area (Å²) in [6.45, 7) is 0.272. The fourth-order valence-corrected chi connectivity index (χ4v) is 4.45. The third kappa shape index (κ3) is 4.19. The van der Waals surface area contributed by atoms with E-state index < -0.39 is 11.9 Å². The Kier molecular flexibility index (Phi) is 6.05. The first kappa shape index (κ1) is 21.1. The van der Waals surface area contributed by atoms with Crippen LogP contribution in [0.4, 0.5) is 0 Å². The molecule has 2 aromatic rings. The molecule has 1 aromatic heterocycles. The highest BCUT2D eigenvalue weighted by atomic mass is 16.5. The Hall–Kier alpha value is -3.18. The van der Waals surface area contributed by atoms with Crippen LogP contribution in [0.5, 0.6) is 0 Å². The van der Waals surface area contributed by atoms with Gasteiger partial charge < -0.3 is 9.53 Å². The predicted molar refractivity (Wildman–Crippen MR) is 113 cm³/mol. The summed E-state index contributed by atoms with van der Waals surface area (Å²) in [6, 6.07) is 4.70. The van der Waals surface area contributed by atoms with Gasteiger partial charge in [-0.25, -0.2) is 4.79 Å². The maximum Gasteiger partial charge on any atom is 0.329 e. The van der Waals surface area contributed by atoms with E-state index in [2.05, 4.69) is 17.2 Å². The van der Waals surface area contributed by atoms with Crippen molar-refractivity contribution in [2.75, 3.05) is 6.61 Å². The molecule has 8 nitrogen and oxygen atoms in total. The highest BCUT2D eigenvalue weighted by Gasteiger charge is 2.31. The first-order valence-corrected chi connectivity index (χ1v) is 10.6. The minimum absolute atomic E-state index is 0.124. The maximum atomic E-state index is 12.9. The average molecular weight is 423 g/mol. The van der Waals surface area contributed by atoms with Gasteiger partial charge in [-0.1, -0.05) is 17.9 Å². The first-order chi connectivity index (χ1) is 15.0. The van der Waals surface area contributed by atoms with E-state index in [9.17, 15) is 19.2 Å². The largest absolute Gasteiger partial charge is 0.366 e. The molecule has 0 bridgehead atoms. The quantitative estimate of drug-likeness (QED) is 0.456. The predicted octanol–water partition coefficient (Wildman–Crippen LogP) is 1.44. The molecule has 1 aliphatic heterocycles. The van der Waals surface area contributed by atoms with Gasteiger partial charge in [-0.05, 0) is 44.2 Å². The van der Waals surface area contributed by atoms with Gasteiger partial charge in [-0.15, -0.1) is 0 Å². The monoisotopic (exact) mass is 423 g/mol. The third-order valence-corrected chi connectivity index (χ3v) is 6.15. The van der Waals surface area contributed by atoms with E-state index in [1.165, 1.54) is 9.13 Å². The van der Waals surface area contributed by atoms with Gasteiger partial charge in [-0.2, -0.15) is 0 Å². The van der Waals surface area contributed by atoms with Crippen molar-refractivity contribution in [1.29, 1.82) is 0 Å². The number of carbonyl (C=O) groups excluding carboxylic acids is 3. The number of rotatable bonds is 4. The lowest BCUT2D eigenvalue weighted by Gasteiger charge is -2.24. The zero-order valence-corrected chi connectivity index (χ0v) is 17.4. The van der Waals surface area contributed by atoms with Crippen LogP contribution in [-0.2, 0) is 26.2 Å². The third-order valence-electron chi connectivity index (χ3n) is 6.15. The lowest BCUT2D eigenvalue weighted by atomic mass is 9.88. The summed E-state index contributed by atoms with van der Waals surface area (Å²) < 4.78 is 8.78. The lowest BCUT2D eigenvalue weighted by Crippen LogP contribution is -2.44. The maximum absolute atomic E-state index is 12.9. The van der Waals surface area contributed by atoms with E-state index in [-0.39, 0.29) is 36.6 Å². The van der Waals surface area contributed by atoms with Crippen molar-refractivity contribution < 1.29 is 19.1 Å². The number of imidazole rings is 1. The zero-order valence-electron chi connectivity index (χ0n) is 17.4. The number of hydrogen-bond acceptors (Lipinski definition) is 5. The lowest BCUT2D eigenvalue weighted by molar-refractivity contribution is -0.135. The fourth-order valence-electron chi connectivity index (χ4n) is 4.45. The Morgan fingerprint density at radius 3 is 2.65 bits per heavy atom. The summed E-state index contributed by atoms with van der Waals surface area (Å²) in [5.74, 6) is 5.49. The number of imide groups is 1. The minimum atomic E-state index is -0.720. The molecule has 2 aliphatic rings. The highest BCUT2D eigenvalue weighted by molar-refractivity contribution is 6.00. The number of amides is 2. The van der Waals surface area contributed by atoms with Crippen LogP contribution in [-0.4, -0.2) is 39.9 Å². The van der Waals surface area contributed by atoms with Crippen molar-refractivity contribution in [3.05, 3.63) is 34.2 Å². The molecule has 31 heavy (non-hydrogen) atoms. The molecule has 0 spiro atoms. The van der Waals surface area contributed by atoms with Crippen LogP contribution in [0.15, 0.2) is 23.0 Å². The molecular formula is C23H25N3O5. The van der Waals surface area contributed by atoms with E-state index in [0.717, 1.165) is 32.0 Å². The van der Waals surface area contributed by atoms with Crippen molar-refractivity contribution >= 4 is 29.1 Å². The molecule has 0 radical (unpaired) electrons. The first-order valence-electron chi connectivity index (χ1n) is 10.6. The van der Waals surface area contributed by atoms with Gasteiger partial charge in [0.25, 0.3) is 0 Å². The van der Waals surface area contributed by atoms with Gasteiger partial charge in [0.05, 0.1) is 22.7 Å². The van der Waals surface area contributed by atoms with Gasteiger partial charge in [0.2, 0.25) is 11.8 Å². The molecule has 4 rings (SSSR count). The van der Waals surface area contributed by atoms with Crippen LogP contribution >= 0.6 is 0 Å². The zero-order chi connectivity index (χ0) is 22.0. The summed E-state index contributed by atoms with van der Waals surface area (Å²) in [4.78, 5) is 47.6. The second-order valence-electron chi connectivity index (χ2n) is 8.14. The SMILES string of the molecule is Cn1c(=O)n(C2CCC(=O)NC2=O)c2cccc(C#CCOC3CCC(C=O)CC3)c21. The van der Waals surface area contributed by atoms with Crippen molar-refractivity contribution in [3.63, 3.8) is 0 Å². The van der Waals surface area contributed by atoms with Crippen LogP contribution < -0.4 is 11.0 Å². The number of fused-ring (bicyclic) bond motifs is 1. The molecule has 1 saturated carbocycles. The van der Waals surface area contributed by atoms with Crippen molar-refractivity contribution in [3.8, 4) is 11.8 Å². The molecule has 2 heterocycles. The van der Waals surface area contributed by atoms with E-state index in [1.54, 1.807) is 19.2 Å². The van der Waals surface area contributed by atoms with Gasteiger partial charge in [0.15, 0.2) is 0 Å². The molecular weight excluding hydrogens is 398 g/mol. The second-order valence-corrected chi connectivity index (χ2v) is 8.14. The standard InChI is InChI=1S/C23H25N3O5/c1-25-21-16(5-3-13-31-17-9-7-15(14-27)8-10-17)4-2-6-18(21)26(23(25)30)19-11-12-20(28)24-22(19)29/h2,4,6,14-15,17,19H,7-13H2,1H3,(H,24,28,29). The number of piperidine rings is 1. The molecule has 1 unspecified atom stereocenters. The number of para-hydroxylation sites is 1.